The van der Waals surface area contributed by atoms with Crippen LogP contribution in [0.3, 0.4) is 0 Å². The molecule has 2 fully saturated rings. The van der Waals surface area contributed by atoms with Crippen molar-refractivity contribution in [1.29, 1.82) is 0 Å². The number of amides is 3. The predicted octanol–water partition coefficient (Wildman–Crippen LogP) is 6.04. The Morgan fingerprint density at radius 1 is 0.982 bits per heavy atom. The summed E-state index contributed by atoms with van der Waals surface area (Å²) in [5, 5.41) is 13.8. The van der Waals surface area contributed by atoms with Gasteiger partial charge in [0.25, 0.3) is 5.91 Å². The number of benzene rings is 2. The van der Waals surface area contributed by atoms with Crippen molar-refractivity contribution >= 4 is 46.4 Å². The Kier molecular flexibility index (Phi) is 13.1. The number of halogens is 3. The van der Waals surface area contributed by atoms with Gasteiger partial charge in [-0.2, -0.15) is 18.3 Å². The molecule has 2 saturated heterocycles. The number of aldehydes is 1. The summed E-state index contributed by atoms with van der Waals surface area (Å²) in [7, 11) is 1.58. The number of carbonyl (C=O) groups is 4. The molecule has 1 atom stereocenters. The van der Waals surface area contributed by atoms with E-state index in [9.17, 15) is 32.3 Å². The molecule has 3 N–H and O–H groups in total. The third kappa shape index (κ3) is 10.5. The number of ether oxygens (including phenoxy) is 1. The zero-order valence-electron chi connectivity index (χ0n) is 32.3. The first-order valence-corrected chi connectivity index (χ1v) is 19.4. The molecule has 304 valence electrons. The lowest BCUT2D eigenvalue weighted by atomic mass is 9.89. The first-order valence-electron chi connectivity index (χ1n) is 19.4. The van der Waals surface area contributed by atoms with Gasteiger partial charge < -0.3 is 30.4 Å². The molecular weight excluding hydrogens is 741 g/mol. The van der Waals surface area contributed by atoms with Crippen molar-refractivity contribution in [3.63, 3.8) is 0 Å². The Bertz CT molecular complexity index is 2040. The second-order valence-corrected chi connectivity index (χ2v) is 14.9. The highest BCUT2D eigenvalue weighted by atomic mass is 19.4. The van der Waals surface area contributed by atoms with Crippen molar-refractivity contribution in [2.24, 2.45) is 0 Å². The van der Waals surface area contributed by atoms with Gasteiger partial charge in [0.2, 0.25) is 11.8 Å². The minimum absolute atomic E-state index is 0.0332. The monoisotopic (exact) mass is 790 g/mol. The first kappa shape index (κ1) is 41.1. The van der Waals surface area contributed by atoms with E-state index in [2.05, 4.69) is 38.0 Å². The van der Waals surface area contributed by atoms with Gasteiger partial charge in [0.05, 0.1) is 29.8 Å². The molecule has 0 radical (unpaired) electrons. The van der Waals surface area contributed by atoms with Gasteiger partial charge in [-0.1, -0.05) is 18.2 Å². The maximum Gasteiger partial charge on any atom is 0.433 e. The molecule has 2 aromatic heterocycles. The van der Waals surface area contributed by atoms with E-state index in [1.165, 1.54) is 17.7 Å². The van der Waals surface area contributed by atoms with Gasteiger partial charge in [0.15, 0.2) is 0 Å². The Hall–Kier alpha value is -5.51. The van der Waals surface area contributed by atoms with Crippen LogP contribution in [-0.4, -0.2) is 100 Å². The Balaban J connectivity index is 1.01. The lowest BCUT2D eigenvalue weighted by Crippen LogP contribution is -2.46. The third-order valence-electron chi connectivity index (χ3n) is 10.5. The van der Waals surface area contributed by atoms with Crippen LogP contribution in [0.4, 0.5) is 24.7 Å². The molecule has 2 aromatic carbocycles. The molecule has 0 bridgehead atoms. The van der Waals surface area contributed by atoms with Crippen molar-refractivity contribution < 1.29 is 37.1 Å². The van der Waals surface area contributed by atoms with E-state index < -0.39 is 23.8 Å². The number of nitrogens with zero attached hydrogens (tertiary/aromatic N) is 5. The highest BCUT2D eigenvalue weighted by Crippen LogP contribution is 2.33. The molecule has 6 rings (SSSR count). The molecule has 0 saturated carbocycles. The average Bonchev–Trinajstić information content (AvgIpc) is 3.62. The molecule has 16 heteroatoms. The Labute approximate surface area is 329 Å². The number of piperidine rings is 2. The molecule has 0 aliphatic carbocycles. The Morgan fingerprint density at radius 3 is 2.35 bits per heavy atom. The number of likely N-dealkylation sites (N-methyl/N-ethyl adjacent to an activating group) is 1. The number of aromatic nitrogens is 3. The largest absolute Gasteiger partial charge is 0.490 e. The molecule has 1 unspecified atom stereocenters. The van der Waals surface area contributed by atoms with Gasteiger partial charge in [-0.3, -0.25) is 24.0 Å². The van der Waals surface area contributed by atoms with Gasteiger partial charge >= 0.3 is 6.18 Å². The van der Waals surface area contributed by atoms with E-state index in [0.29, 0.717) is 62.1 Å². The highest BCUT2D eigenvalue weighted by molar-refractivity contribution is 6.08. The summed E-state index contributed by atoms with van der Waals surface area (Å²) in [5.74, 6) is -0.316. The van der Waals surface area contributed by atoms with Crippen LogP contribution in [0.5, 0.6) is 5.75 Å². The van der Waals surface area contributed by atoms with Crippen molar-refractivity contribution in [3.8, 4) is 5.75 Å². The van der Waals surface area contributed by atoms with Crippen LogP contribution in [0.25, 0.3) is 10.9 Å². The number of likely N-dealkylation sites (tertiary alicyclic amines) is 2. The summed E-state index contributed by atoms with van der Waals surface area (Å²) in [6, 6.07) is 14.3. The number of hydrogen-bond acceptors (Lipinski definition) is 9. The summed E-state index contributed by atoms with van der Waals surface area (Å²) >= 11 is 0. The van der Waals surface area contributed by atoms with Crippen molar-refractivity contribution in [3.05, 3.63) is 77.6 Å². The van der Waals surface area contributed by atoms with Crippen LogP contribution < -0.4 is 20.7 Å². The van der Waals surface area contributed by atoms with Crippen LogP contribution in [-0.2, 0) is 20.6 Å². The summed E-state index contributed by atoms with van der Waals surface area (Å²) in [4.78, 5) is 57.5. The number of alkyl halides is 3. The molecule has 57 heavy (non-hydrogen) atoms. The number of hydrogen-bond donors (Lipinski definition) is 3. The molecule has 2 aliphatic rings. The van der Waals surface area contributed by atoms with Gasteiger partial charge in [0, 0.05) is 49.9 Å². The third-order valence-corrected chi connectivity index (χ3v) is 10.5. The quantitative estimate of drug-likeness (QED) is 0.130. The van der Waals surface area contributed by atoms with Crippen LogP contribution in [0, 0.1) is 0 Å². The normalized spacial score (nSPS) is 16.4. The second kappa shape index (κ2) is 18.2. The average molecular weight is 791 g/mol. The summed E-state index contributed by atoms with van der Waals surface area (Å²) in [6.07, 6.45) is 1.72. The predicted molar refractivity (Wildman–Crippen MR) is 209 cm³/mol. The van der Waals surface area contributed by atoms with Crippen molar-refractivity contribution in [1.82, 2.24) is 29.9 Å². The summed E-state index contributed by atoms with van der Waals surface area (Å²) in [6.45, 7) is 6.79. The fourth-order valence-corrected chi connectivity index (χ4v) is 7.46. The zero-order valence-corrected chi connectivity index (χ0v) is 32.3. The van der Waals surface area contributed by atoms with E-state index in [-0.39, 0.29) is 41.1 Å². The first-order chi connectivity index (χ1) is 27.3. The highest BCUT2D eigenvalue weighted by Gasteiger charge is 2.33. The lowest BCUT2D eigenvalue weighted by molar-refractivity contribution is -0.141. The molecule has 4 aromatic rings. The van der Waals surface area contributed by atoms with Crippen LogP contribution in [0.2, 0.25) is 0 Å². The van der Waals surface area contributed by atoms with E-state index in [4.69, 9.17) is 9.84 Å². The Morgan fingerprint density at radius 2 is 1.70 bits per heavy atom. The molecule has 3 amide bonds. The topological polar surface area (TPSA) is 151 Å². The van der Waals surface area contributed by atoms with E-state index >= 15 is 0 Å². The fourth-order valence-electron chi connectivity index (χ4n) is 7.46. The van der Waals surface area contributed by atoms with Crippen molar-refractivity contribution in [2.45, 2.75) is 82.7 Å². The van der Waals surface area contributed by atoms with E-state index in [0.717, 1.165) is 44.0 Å². The zero-order chi connectivity index (χ0) is 40.7. The SMILES string of the molecule is CNC(=O)C(CCC=O)Nc1ccc(C2CCN(CC(=O)N3CCC(n4cc5cc(C(=O)Nc6cccc(C(F)(F)F)n6)c(OC(C)C)cc5n4)CC3)CC2)cc1. The van der Waals surface area contributed by atoms with Crippen LogP contribution >= 0.6 is 0 Å². The maximum atomic E-state index is 13.4. The molecule has 13 nitrogen and oxygen atoms in total. The van der Waals surface area contributed by atoms with Crippen molar-refractivity contribution in [2.75, 3.05) is 50.4 Å². The number of fused-ring (bicyclic) bond motifs is 1. The van der Waals surface area contributed by atoms with Crippen LogP contribution in [0.1, 0.15) is 85.9 Å². The number of carbonyl (C=O) groups excluding carboxylic acids is 4. The standard InChI is InChI=1S/C41H49F3N8O5/c1-26(2)57-35-23-34-29(22-32(35)39(55)48-37-8-4-7-36(47-37)41(42,43)44)24-52(49-34)31-15-19-51(20-16-31)38(54)25-50-17-13-28(14-18-50)27-9-11-30(12-10-27)46-33(6-5-21-53)40(56)45-3/h4,7-12,21-24,26,28,31,33,46H,5-6,13-20,25H2,1-3H3,(H,45,56)(H,47,48,55). The maximum absolute atomic E-state index is 13.4. The summed E-state index contributed by atoms with van der Waals surface area (Å²) in [5.41, 5.74) is 1.68. The summed E-state index contributed by atoms with van der Waals surface area (Å²) < 4.78 is 47.4. The lowest BCUT2D eigenvalue weighted by Gasteiger charge is -2.36. The van der Waals surface area contributed by atoms with Gasteiger partial charge in [0.1, 0.15) is 29.6 Å². The van der Waals surface area contributed by atoms with Gasteiger partial charge in [-0.25, -0.2) is 4.98 Å². The molecule has 0 spiro atoms. The van der Waals surface area contributed by atoms with Gasteiger partial charge in [-0.15, -0.1) is 0 Å². The molecule has 2 aliphatic heterocycles. The smallest absolute Gasteiger partial charge is 0.433 e. The minimum Gasteiger partial charge on any atom is -0.490 e. The van der Waals surface area contributed by atoms with Crippen LogP contribution in [0.15, 0.2) is 60.8 Å². The number of pyridine rings is 1. The minimum atomic E-state index is -4.65. The molecule has 4 heterocycles. The number of anilines is 2. The second-order valence-electron chi connectivity index (χ2n) is 14.9. The van der Waals surface area contributed by atoms with E-state index in [1.54, 1.807) is 19.2 Å². The van der Waals surface area contributed by atoms with E-state index in [1.807, 2.05) is 41.8 Å². The fraction of sp³-hybridized carbons (Fsp3) is 0.463. The van der Waals surface area contributed by atoms with Gasteiger partial charge in [-0.05, 0) is 101 Å². The molecular formula is C41H49F3N8O5. The number of nitrogens with one attached hydrogen (secondary N) is 3. The number of rotatable bonds is 14.